The first-order valence-corrected chi connectivity index (χ1v) is 8.05. The van der Waals surface area contributed by atoms with Crippen molar-refractivity contribution >= 4 is 17.6 Å². The minimum absolute atomic E-state index is 0.329. The number of hydrogen-bond donors (Lipinski definition) is 1. The summed E-state index contributed by atoms with van der Waals surface area (Å²) in [4.78, 5) is 24.9. The third-order valence-electron chi connectivity index (χ3n) is 3.88. The average Bonchev–Trinajstić information content (AvgIpc) is 2.79. The van der Waals surface area contributed by atoms with E-state index in [-0.39, 0.29) is 0 Å². The molecular weight excluding hydrogens is 332 g/mol. The van der Waals surface area contributed by atoms with E-state index < -0.39 is 11.7 Å². The van der Waals surface area contributed by atoms with E-state index in [4.69, 9.17) is 17.4 Å². The lowest BCUT2D eigenvalue weighted by Gasteiger charge is -2.18. The molecule has 2 aromatic rings. The largest absolute Gasteiger partial charge is 0.377 e. The second kappa shape index (κ2) is 6.98. The highest BCUT2D eigenvalue weighted by molar-refractivity contribution is 6.32. The fourth-order valence-electron chi connectivity index (χ4n) is 2.58. The number of carbonyl (C=O) groups excluding carboxylic acids is 1. The first-order valence-electron chi connectivity index (χ1n) is 7.67. The van der Waals surface area contributed by atoms with E-state index in [1.54, 1.807) is 24.3 Å². The number of carbonyl (C=O) groups is 1. The number of nitrogens with zero attached hydrogens (tertiary/aromatic N) is 5. The van der Waals surface area contributed by atoms with E-state index >= 15 is 0 Å². The lowest BCUT2D eigenvalue weighted by molar-refractivity contribution is 0.207. The van der Waals surface area contributed by atoms with Gasteiger partial charge in [-0.25, -0.2) is 20.4 Å². The van der Waals surface area contributed by atoms with Crippen LogP contribution < -0.4 is 11.5 Å². The number of halogens is 1. The predicted molar refractivity (Wildman–Crippen MR) is 88.6 cm³/mol. The highest BCUT2D eigenvalue weighted by atomic mass is 35.5. The lowest BCUT2D eigenvalue weighted by atomic mass is 10.2. The summed E-state index contributed by atoms with van der Waals surface area (Å²) in [5.41, 5.74) is 0.315. The third kappa shape index (κ3) is 3.10. The Labute approximate surface area is 143 Å². The number of benzene rings is 1. The molecule has 24 heavy (non-hydrogen) atoms. The van der Waals surface area contributed by atoms with Crippen molar-refractivity contribution in [2.24, 2.45) is 5.84 Å². The van der Waals surface area contributed by atoms with E-state index in [1.807, 2.05) is 6.08 Å². The van der Waals surface area contributed by atoms with Crippen molar-refractivity contribution in [2.45, 2.75) is 32.1 Å². The van der Waals surface area contributed by atoms with Crippen LogP contribution in [0, 0.1) is 0 Å². The molecule has 2 N–H and O–H groups in total. The molecule has 1 heterocycles. The van der Waals surface area contributed by atoms with Crippen LogP contribution in [0.3, 0.4) is 0 Å². The minimum Gasteiger partial charge on any atom is -0.244 e. The molecule has 126 valence electrons. The number of aromatic nitrogens is 4. The van der Waals surface area contributed by atoms with Gasteiger partial charge in [0.2, 0.25) is 0 Å². The number of rotatable bonds is 2. The maximum Gasteiger partial charge on any atom is 0.377 e. The molecular formula is C15H17ClN6O2. The van der Waals surface area contributed by atoms with Crippen molar-refractivity contribution in [3.8, 4) is 5.69 Å². The Kier molecular flexibility index (Phi) is 4.77. The number of amides is 1. The normalized spacial score (nSPS) is 14.8. The van der Waals surface area contributed by atoms with Crippen molar-refractivity contribution in [1.29, 1.82) is 0 Å². The van der Waals surface area contributed by atoms with Crippen molar-refractivity contribution in [2.75, 3.05) is 0 Å². The maximum absolute atomic E-state index is 12.5. The van der Waals surface area contributed by atoms with Crippen LogP contribution in [-0.4, -0.2) is 30.8 Å². The fraction of sp³-hybridized carbons (Fsp3) is 0.333. The van der Waals surface area contributed by atoms with Crippen LogP contribution in [0.2, 0.25) is 5.02 Å². The standard InChI is InChI=1S/C15H17ClN6O2/c16-12-9-5-6-10-13(12)21-15(24)22(19-18-21)14(23)20(17)11-7-3-1-2-4-8-11/h5-7,9-10H,1-4,8,17H2. The molecule has 8 nitrogen and oxygen atoms in total. The molecule has 0 unspecified atom stereocenters. The van der Waals surface area contributed by atoms with E-state index in [9.17, 15) is 9.59 Å². The smallest absolute Gasteiger partial charge is 0.244 e. The van der Waals surface area contributed by atoms with Gasteiger partial charge >= 0.3 is 11.7 Å². The molecule has 0 aliphatic heterocycles. The van der Waals surface area contributed by atoms with Gasteiger partial charge in [0.1, 0.15) is 0 Å². The van der Waals surface area contributed by atoms with E-state index in [1.165, 1.54) is 0 Å². The Bertz CT molecular complexity index is 840. The summed E-state index contributed by atoms with van der Waals surface area (Å²) < 4.78 is 1.60. The number of hydrazine groups is 1. The average molecular weight is 349 g/mol. The molecule has 0 radical (unpaired) electrons. The first kappa shape index (κ1) is 16.4. The zero-order chi connectivity index (χ0) is 17.1. The predicted octanol–water partition coefficient (Wildman–Crippen LogP) is 2.07. The van der Waals surface area contributed by atoms with Crippen LogP contribution in [0.4, 0.5) is 4.79 Å². The molecule has 0 bridgehead atoms. The molecule has 0 saturated carbocycles. The quantitative estimate of drug-likeness (QED) is 0.387. The van der Waals surface area contributed by atoms with Crippen LogP contribution in [-0.2, 0) is 0 Å². The maximum atomic E-state index is 12.5. The van der Waals surface area contributed by atoms with Crippen LogP contribution in [0.5, 0.6) is 0 Å². The number of hydrogen-bond acceptors (Lipinski definition) is 5. The van der Waals surface area contributed by atoms with Gasteiger partial charge in [0.25, 0.3) is 0 Å². The monoisotopic (exact) mass is 348 g/mol. The first-order chi connectivity index (χ1) is 11.6. The molecule has 3 rings (SSSR count). The van der Waals surface area contributed by atoms with Gasteiger partial charge in [-0.1, -0.05) is 36.2 Å². The molecule has 1 amide bonds. The zero-order valence-electron chi connectivity index (χ0n) is 12.9. The van der Waals surface area contributed by atoms with Gasteiger partial charge in [0.15, 0.2) is 0 Å². The highest BCUT2D eigenvalue weighted by Gasteiger charge is 2.23. The van der Waals surface area contributed by atoms with Crippen LogP contribution in [0.15, 0.2) is 40.8 Å². The van der Waals surface area contributed by atoms with Crippen molar-refractivity contribution in [3.05, 3.63) is 51.5 Å². The van der Waals surface area contributed by atoms with Crippen molar-refractivity contribution < 1.29 is 4.79 Å². The molecule has 0 atom stereocenters. The number of nitrogens with two attached hydrogens (primary N) is 1. The van der Waals surface area contributed by atoms with Crippen molar-refractivity contribution in [3.63, 3.8) is 0 Å². The Morgan fingerprint density at radius 1 is 1.21 bits per heavy atom. The summed E-state index contributed by atoms with van der Waals surface area (Å²) in [6.45, 7) is 0. The topological polar surface area (TPSA) is 99.0 Å². The Morgan fingerprint density at radius 2 is 2.00 bits per heavy atom. The molecule has 1 aliphatic rings. The minimum atomic E-state index is -0.744. The summed E-state index contributed by atoms with van der Waals surface area (Å²) in [7, 11) is 0. The Hall–Kier alpha value is -2.45. The molecule has 1 aromatic carbocycles. The third-order valence-corrected chi connectivity index (χ3v) is 4.20. The Morgan fingerprint density at radius 3 is 2.79 bits per heavy atom. The molecule has 9 heteroatoms. The SMILES string of the molecule is NN(C(=O)n1nnn(-c2ccccc2Cl)c1=O)C1=CCCCCC1. The summed E-state index contributed by atoms with van der Waals surface area (Å²) in [6, 6.07) is 5.93. The summed E-state index contributed by atoms with van der Waals surface area (Å²) in [6.07, 6.45) is 6.58. The van der Waals surface area contributed by atoms with Crippen LogP contribution in [0.25, 0.3) is 5.69 Å². The van der Waals surface area contributed by atoms with Gasteiger partial charge < -0.3 is 0 Å². The number of allylic oxidation sites excluding steroid dienone is 2. The lowest BCUT2D eigenvalue weighted by Crippen LogP contribution is -2.44. The van der Waals surface area contributed by atoms with Gasteiger partial charge in [0, 0.05) is 5.70 Å². The van der Waals surface area contributed by atoms with Crippen LogP contribution in [0.1, 0.15) is 32.1 Å². The van der Waals surface area contributed by atoms with E-state index in [0.717, 1.165) is 35.4 Å². The van der Waals surface area contributed by atoms with Gasteiger partial charge in [0.05, 0.1) is 10.7 Å². The molecule has 0 fully saturated rings. The van der Waals surface area contributed by atoms with Gasteiger partial charge in [-0.15, -0.1) is 4.68 Å². The van der Waals surface area contributed by atoms with E-state index in [0.29, 0.717) is 27.5 Å². The number of para-hydroxylation sites is 1. The van der Waals surface area contributed by atoms with Crippen LogP contribution >= 0.6 is 11.6 Å². The van der Waals surface area contributed by atoms with Crippen molar-refractivity contribution in [1.82, 2.24) is 24.8 Å². The van der Waals surface area contributed by atoms with Gasteiger partial charge in [-0.2, -0.15) is 4.68 Å². The molecule has 0 saturated heterocycles. The van der Waals surface area contributed by atoms with Gasteiger partial charge in [-0.05, 0) is 48.2 Å². The number of tetrazole rings is 1. The fourth-order valence-corrected chi connectivity index (χ4v) is 2.80. The molecule has 1 aliphatic carbocycles. The molecule has 0 spiro atoms. The zero-order valence-corrected chi connectivity index (χ0v) is 13.7. The summed E-state index contributed by atoms with van der Waals surface area (Å²) >= 11 is 6.06. The second-order valence-electron chi connectivity index (χ2n) is 5.48. The Balaban J connectivity index is 1.90. The van der Waals surface area contributed by atoms with Gasteiger partial charge in [-0.3, -0.25) is 0 Å². The highest BCUT2D eigenvalue weighted by Crippen LogP contribution is 2.19. The molecule has 1 aromatic heterocycles. The second-order valence-corrected chi connectivity index (χ2v) is 5.89. The summed E-state index contributed by atoms with van der Waals surface area (Å²) in [5.74, 6) is 5.89. The van der Waals surface area contributed by atoms with E-state index in [2.05, 4.69) is 10.4 Å². The summed E-state index contributed by atoms with van der Waals surface area (Å²) in [5, 5.41) is 8.66.